The average Bonchev–Trinajstić information content (AvgIpc) is 2.33. The minimum absolute atomic E-state index is 0.00338. The first-order chi connectivity index (χ1) is 8.61. The molecule has 0 bridgehead atoms. The van der Waals surface area contributed by atoms with Crippen molar-refractivity contribution in [1.82, 2.24) is 10.6 Å². The van der Waals surface area contributed by atoms with E-state index in [1.54, 1.807) is 7.11 Å². The number of hydrogen-bond donors (Lipinski definition) is 4. The fourth-order valence-electron chi connectivity index (χ4n) is 1.35. The van der Waals surface area contributed by atoms with Gasteiger partial charge in [-0.3, -0.25) is 0 Å². The summed E-state index contributed by atoms with van der Waals surface area (Å²) in [6.45, 7) is 0.902. The summed E-state index contributed by atoms with van der Waals surface area (Å²) in [6, 6.07) is -1.58. The van der Waals surface area contributed by atoms with Crippen molar-refractivity contribution in [3.63, 3.8) is 0 Å². The molecule has 0 saturated carbocycles. The monoisotopic (exact) mass is 262 g/mol. The van der Waals surface area contributed by atoms with Crippen LogP contribution in [-0.4, -0.2) is 55.1 Å². The highest BCUT2D eigenvalue weighted by Gasteiger charge is 2.18. The standard InChI is InChI=1S/C11H22N2O5/c1-18-8-4-2-3-6-12-11(17)13-9(5-7-14)10(15)16/h9,14H,2-8H2,1H3,(H,15,16)(H2,12,13,17)/t9-/m0/s1. The van der Waals surface area contributed by atoms with E-state index in [1.807, 2.05) is 0 Å². The number of aliphatic hydroxyl groups excluding tert-OH is 1. The molecule has 106 valence electrons. The fourth-order valence-corrected chi connectivity index (χ4v) is 1.35. The van der Waals surface area contributed by atoms with Gasteiger partial charge in [-0.15, -0.1) is 0 Å². The highest BCUT2D eigenvalue weighted by Crippen LogP contribution is 1.94. The van der Waals surface area contributed by atoms with Crippen LogP contribution in [-0.2, 0) is 9.53 Å². The lowest BCUT2D eigenvalue weighted by Gasteiger charge is -2.13. The topological polar surface area (TPSA) is 108 Å². The molecule has 0 spiro atoms. The Balaban J connectivity index is 3.65. The minimum atomic E-state index is -1.15. The number of aliphatic hydroxyl groups is 1. The fraction of sp³-hybridized carbons (Fsp3) is 0.818. The molecule has 7 nitrogen and oxygen atoms in total. The van der Waals surface area contributed by atoms with Crippen molar-refractivity contribution in [2.45, 2.75) is 31.7 Å². The Morgan fingerprint density at radius 3 is 2.56 bits per heavy atom. The molecule has 0 aromatic heterocycles. The van der Waals surface area contributed by atoms with Crippen molar-refractivity contribution in [2.75, 3.05) is 26.9 Å². The molecule has 0 aromatic rings. The van der Waals surface area contributed by atoms with E-state index >= 15 is 0 Å². The van der Waals surface area contributed by atoms with Crippen LogP contribution in [0.5, 0.6) is 0 Å². The lowest BCUT2D eigenvalue weighted by atomic mass is 10.2. The summed E-state index contributed by atoms with van der Waals surface area (Å²) in [5, 5.41) is 22.3. The number of urea groups is 1. The molecule has 0 saturated heterocycles. The first-order valence-corrected chi connectivity index (χ1v) is 5.98. The number of amides is 2. The van der Waals surface area contributed by atoms with Crippen molar-refractivity contribution < 1.29 is 24.5 Å². The molecule has 0 radical (unpaired) electrons. The molecule has 0 heterocycles. The number of carboxylic acid groups (broad SMARTS) is 1. The molecule has 1 atom stereocenters. The van der Waals surface area contributed by atoms with Gasteiger partial charge in [0.1, 0.15) is 6.04 Å². The summed E-state index contributed by atoms with van der Waals surface area (Å²) in [4.78, 5) is 22.0. The van der Waals surface area contributed by atoms with Gasteiger partial charge in [0.25, 0.3) is 0 Å². The van der Waals surface area contributed by atoms with Crippen LogP contribution in [0, 0.1) is 0 Å². The Morgan fingerprint density at radius 1 is 1.28 bits per heavy atom. The number of hydrogen-bond acceptors (Lipinski definition) is 4. The van der Waals surface area contributed by atoms with Gasteiger partial charge < -0.3 is 25.6 Å². The second-order valence-corrected chi connectivity index (χ2v) is 3.86. The van der Waals surface area contributed by atoms with E-state index in [0.717, 1.165) is 19.3 Å². The van der Waals surface area contributed by atoms with Gasteiger partial charge in [0.2, 0.25) is 0 Å². The van der Waals surface area contributed by atoms with E-state index in [9.17, 15) is 9.59 Å². The molecule has 18 heavy (non-hydrogen) atoms. The van der Waals surface area contributed by atoms with E-state index < -0.39 is 18.0 Å². The van der Waals surface area contributed by atoms with E-state index in [1.165, 1.54) is 0 Å². The SMILES string of the molecule is COCCCCCNC(=O)N[C@@H](CCO)C(=O)O. The minimum Gasteiger partial charge on any atom is -0.480 e. The molecular formula is C11H22N2O5. The van der Waals surface area contributed by atoms with Crippen LogP contribution < -0.4 is 10.6 Å². The van der Waals surface area contributed by atoms with Crippen molar-refractivity contribution in [2.24, 2.45) is 0 Å². The number of nitrogens with one attached hydrogen (secondary N) is 2. The third-order valence-electron chi connectivity index (χ3n) is 2.33. The summed E-state index contributed by atoms with van der Waals surface area (Å²) in [5.41, 5.74) is 0. The van der Waals surface area contributed by atoms with Gasteiger partial charge in [0.15, 0.2) is 0 Å². The Bertz CT molecular complexity index is 248. The van der Waals surface area contributed by atoms with Gasteiger partial charge in [-0.05, 0) is 19.3 Å². The van der Waals surface area contributed by atoms with E-state index in [2.05, 4.69) is 10.6 Å². The van der Waals surface area contributed by atoms with Crippen LogP contribution in [0.25, 0.3) is 0 Å². The summed E-state index contributed by atoms with van der Waals surface area (Å²) in [6.07, 6.45) is 2.68. The highest BCUT2D eigenvalue weighted by molar-refractivity contribution is 5.82. The second kappa shape index (κ2) is 10.8. The van der Waals surface area contributed by atoms with Crippen LogP contribution in [0.2, 0.25) is 0 Å². The Hall–Kier alpha value is -1.34. The van der Waals surface area contributed by atoms with Crippen LogP contribution in [0.1, 0.15) is 25.7 Å². The van der Waals surface area contributed by atoms with Crippen LogP contribution in [0.4, 0.5) is 4.79 Å². The van der Waals surface area contributed by atoms with Gasteiger partial charge in [0.05, 0.1) is 0 Å². The van der Waals surface area contributed by atoms with Crippen LogP contribution in [0.15, 0.2) is 0 Å². The Labute approximate surface area is 107 Å². The molecule has 0 aliphatic heterocycles. The zero-order valence-corrected chi connectivity index (χ0v) is 10.6. The molecule has 0 aliphatic rings. The van der Waals surface area contributed by atoms with E-state index in [4.69, 9.17) is 14.9 Å². The molecule has 0 rings (SSSR count). The molecular weight excluding hydrogens is 240 g/mol. The summed E-state index contributed by atoms with van der Waals surface area (Å²) in [5.74, 6) is -1.15. The zero-order valence-electron chi connectivity index (χ0n) is 10.6. The lowest BCUT2D eigenvalue weighted by molar-refractivity contribution is -0.139. The molecule has 7 heteroatoms. The third kappa shape index (κ3) is 8.77. The molecule has 0 aromatic carbocycles. The van der Waals surface area contributed by atoms with Gasteiger partial charge in [-0.25, -0.2) is 9.59 Å². The number of ether oxygens (including phenoxy) is 1. The molecule has 0 unspecified atom stereocenters. The molecule has 4 N–H and O–H groups in total. The third-order valence-corrected chi connectivity index (χ3v) is 2.33. The highest BCUT2D eigenvalue weighted by atomic mass is 16.5. The number of aliphatic carboxylic acids is 1. The quantitative estimate of drug-likeness (QED) is 0.412. The number of carbonyl (C=O) groups is 2. The average molecular weight is 262 g/mol. The maximum Gasteiger partial charge on any atom is 0.326 e. The predicted octanol–water partition coefficient (Wildman–Crippen LogP) is -0.0621. The van der Waals surface area contributed by atoms with Crippen molar-refractivity contribution in [1.29, 1.82) is 0 Å². The largest absolute Gasteiger partial charge is 0.480 e. The molecule has 0 fully saturated rings. The van der Waals surface area contributed by atoms with E-state index in [0.29, 0.717) is 13.2 Å². The smallest absolute Gasteiger partial charge is 0.326 e. The maximum atomic E-state index is 11.3. The van der Waals surface area contributed by atoms with Gasteiger partial charge in [0, 0.05) is 33.3 Å². The normalized spacial score (nSPS) is 11.9. The summed E-state index contributed by atoms with van der Waals surface area (Å²) < 4.78 is 4.89. The van der Waals surface area contributed by atoms with Gasteiger partial charge >= 0.3 is 12.0 Å². The van der Waals surface area contributed by atoms with Crippen LogP contribution >= 0.6 is 0 Å². The van der Waals surface area contributed by atoms with Crippen molar-refractivity contribution in [3.05, 3.63) is 0 Å². The Kier molecular flexibility index (Phi) is 9.99. The number of carbonyl (C=O) groups excluding carboxylic acids is 1. The zero-order chi connectivity index (χ0) is 13.8. The summed E-state index contributed by atoms with van der Waals surface area (Å²) >= 11 is 0. The second-order valence-electron chi connectivity index (χ2n) is 3.86. The first-order valence-electron chi connectivity index (χ1n) is 5.98. The van der Waals surface area contributed by atoms with Crippen molar-refractivity contribution >= 4 is 12.0 Å². The van der Waals surface area contributed by atoms with Crippen LogP contribution in [0.3, 0.4) is 0 Å². The predicted molar refractivity (Wildman–Crippen MR) is 65.4 cm³/mol. The maximum absolute atomic E-state index is 11.3. The molecule has 0 aliphatic carbocycles. The first kappa shape index (κ1) is 16.7. The number of rotatable bonds is 10. The number of unbranched alkanes of at least 4 members (excludes halogenated alkanes) is 2. The summed E-state index contributed by atoms with van der Waals surface area (Å²) in [7, 11) is 1.64. The van der Waals surface area contributed by atoms with E-state index in [-0.39, 0.29) is 13.0 Å². The number of methoxy groups -OCH3 is 1. The Morgan fingerprint density at radius 2 is 2.00 bits per heavy atom. The van der Waals surface area contributed by atoms with Crippen molar-refractivity contribution in [3.8, 4) is 0 Å². The number of carboxylic acids is 1. The van der Waals surface area contributed by atoms with Gasteiger partial charge in [-0.2, -0.15) is 0 Å². The molecule has 2 amide bonds. The lowest BCUT2D eigenvalue weighted by Crippen LogP contribution is -2.46. The van der Waals surface area contributed by atoms with Gasteiger partial charge in [-0.1, -0.05) is 0 Å².